The molecular formula is C28H30FNO5. The van der Waals surface area contributed by atoms with Gasteiger partial charge in [-0.25, -0.2) is 4.39 Å². The fraction of sp³-hybridized carbons (Fsp3) is 0.393. The number of allylic oxidation sites excluding steroid dienone is 2. The number of carbonyl (C=O) groups excluding carboxylic acids is 2. The number of esters is 1. The Balaban J connectivity index is 1.75. The van der Waals surface area contributed by atoms with E-state index in [1.165, 1.54) is 12.1 Å². The average molecular weight is 480 g/mol. The van der Waals surface area contributed by atoms with Crippen LogP contribution in [0, 0.1) is 11.7 Å². The highest BCUT2D eigenvalue weighted by Gasteiger charge is 2.44. The van der Waals surface area contributed by atoms with E-state index in [9.17, 15) is 14.0 Å². The van der Waals surface area contributed by atoms with E-state index < -0.39 is 17.8 Å². The highest BCUT2D eigenvalue weighted by atomic mass is 19.1. The molecule has 0 radical (unpaired) electrons. The average Bonchev–Trinajstić information content (AvgIpc) is 2.86. The van der Waals surface area contributed by atoms with Gasteiger partial charge in [0.05, 0.1) is 20.8 Å². The van der Waals surface area contributed by atoms with E-state index in [4.69, 9.17) is 19.2 Å². The lowest BCUT2D eigenvalue weighted by molar-refractivity contribution is -0.146. The number of ether oxygens (including phenoxy) is 3. The highest BCUT2D eigenvalue weighted by Crippen LogP contribution is 2.47. The zero-order valence-corrected chi connectivity index (χ0v) is 20.5. The summed E-state index contributed by atoms with van der Waals surface area (Å²) in [5.74, 6) is -1.02. The number of rotatable bonds is 7. The molecule has 2 aromatic carbocycles. The molecule has 2 aromatic rings. The molecule has 2 aliphatic rings. The monoisotopic (exact) mass is 479 g/mol. The standard InChI is InChI=1S/C28H30FNO5/c1-5-12-35-28(32)25-16(2)30-21-13-19(18-8-11-23(33-3)24(15-18)34-4)14-22(31)27(21)26(25)17-6-9-20(29)10-7-17/h6-11,15,19,25-26H,5,12-14H2,1-4H3. The predicted octanol–water partition coefficient (Wildman–Crippen LogP) is 5.37. The number of hydrogen-bond acceptors (Lipinski definition) is 6. The molecule has 1 aliphatic carbocycles. The summed E-state index contributed by atoms with van der Waals surface area (Å²) < 4.78 is 30.0. The van der Waals surface area contributed by atoms with E-state index in [1.807, 2.05) is 25.1 Å². The first kappa shape index (κ1) is 24.6. The van der Waals surface area contributed by atoms with E-state index in [-0.39, 0.29) is 23.9 Å². The quantitative estimate of drug-likeness (QED) is 0.499. The Bertz CT molecular complexity index is 1180. The molecule has 35 heavy (non-hydrogen) atoms. The van der Waals surface area contributed by atoms with Gasteiger partial charge in [0.15, 0.2) is 17.3 Å². The van der Waals surface area contributed by atoms with Crippen molar-refractivity contribution in [3.63, 3.8) is 0 Å². The van der Waals surface area contributed by atoms with Gasteiger partial charge in [-0.05, 0) is 61.1 Å². The maximum atomic E-state index is 13.7. The lowest BCUT2D eigenvalue weighted by Crippen LogP contribution is -2.38. The molecule has 0 bridgehead atoms. The smallest absolute Gasteiger partial charge is 0.315 e. The van der Waals surface area contributed by atoms with Crippen LogP contribution < -0.4 is 9.47 Å². The molecule has 6 nitrogen and oxygen atoms in total. The van der Waals surface area contributed by atoms with Crippen LogP contribution in [-0.2, 0) is 14.3 Å². The molecule has 0 saturated heterocycles. The largest absolute Gasteiger partial charge is 0.493 e. The van der Waals surface area contributed by atoms with Crippen LogP contribution in [0.5, 0.6) is 11.5 Å². The molecule has 0 spiro atoms. The summed E-state index contributed by atoms with van der Waals surface area (Å²) in [4.78, 5) is 31.5. The summed E-state index contributed by atoms with van der Waals surface area (Å²) in [6.45, 7) is 4.01. The minimum Gasteiger partial charge on any atom is -0.493 e. The van der Waals surface area contributed by atoms with Crippen molar-refractivity contribution >= 4 is 17.5 Å². The lowest BCUT2D eigenvalue weighted by Gasteiger charge is -2.36. The summed E-state index contributed by atoms with van der Waals surface area (Å²) in [6, 6.07) is 11.6. The van der Waals surface area contributed by atoms with Crippen LogP contribution in [0.3, 0.4) is 0 Å². The van der Waals surface area contributed by atoms with Gasteiger partial charge in [0.25, 0.3) is 0 Å². The normalized spacial score (nSPS) is 21.8. The van der Waals surface area contributed by atoms with E-state index in [1.54, 1.807) is 33.3 Å². The first-order valence-electron chi connectivity index (χ1n) is 11.8. The molecule has 0 aromatic heterocycles. The summed E-state index contributed by atoms with van der Waals surface area (Å²) in [7, 11) is 3.16. The minimum atomic E-state index is -0.729. The summed E-state index contributed by atoms with van der Waals surface area (Å²) in [5, 5.41) is 0. The highest BCUT2D eigenvalue weighted by molar-refractivity contribution is 6.09. The molecule has 7 heteroatoms. The number of aliphatic imine (C=N–C) groups is 1. The number of methoxy groups -OCH3 is 2. The number of hydrogen-bond donors (Lipinski definition) is 0. The van der Waals surface area contributed by atoms with Crippen molar-refractivity contribution in [2.24, 2.45) is 10.9 Å². The third-order valence-electron chi connectivity index (χ3n) is 6.70. The van der Waals surface area contributed by atoms with E-state index in [2.05, 4.69) is 0 Å². The Hall–Kier alpha value is -3.48. The van der Waals surface area contributed by atoms with Crippen molar-refractivity contribution in [1.29, 1.82) is 0 Å². The van der Waals surface area contributed by atoms with Gasteiger partial charge in [-0.1, -0.05) is 25.1 Å². The predicted molar refractivity (Wildman–Crippen MR) is 131 cm³/mol. The Morgan fingerprint density at radius 1 is 1.03 bits per heavy atom. The first-order valence-corrected chi connectivity index (χ1v) is 11.8. The fourth-order valence-electron chi connectivity index (χ4n) is 5.03. The van der Waals surface area contributed by atoms with Crippen LogP contribution in [0.25, 0.3) is 0 Å². The maximum Gasteiger partial charge on any atom is 0.315 e. The second kappa shape index (κ2) is 10.4. The van der Waals surface area contributed by atoms with E-state index in [0.29, 0.717) is 53.5 Å². The van der Waals surface area contributed by atoms with Crippen molar-refractivity contribution in [3.8, 4) is 11.5 Å². The Morgan fingerprint density at radius 2 is 1.71 bits per heavy atom. The van der Waals surface area contributed by atoms with Gasteiger partial charge in [0.2, 0.25) is 0 Å². The molecular weight excluding hydrogens is 449 g/mol. The zero-order chi connectivity index (χ0) is 25.1. The van der Waals surface area contributed by atoms with Crippen LogP contribution >= 0.6 is 0 Å². The third-order valence-corrected chi connectivity index (χ3v) is 6.70. The van der Waals surface area contributed by atoms with Crippen LogP contribution in [0.15, 0.2) is 58.7 Å². The molecule has 184 valence electrons. The maximum absolute atomic E-state index is 13.7. The van der Waals surface area contributed by atoms with Gasteiger partial charge in [-0.3, -0.25) is 14.6 Å². The number of ketones is 1. The molecule has 0 fully saturated rings. The first-order chi connectivity index (χ1) is 16.9. The Morgan fingerprint density at radius 3 is 2.37 bits per heavy atom. The molecule has 4 rings (SSSR count). The molecule has 3 unspecified atom stereocenters. The number of nitrogens with zero attached hydrogens (tertiary/aromatic N) is 1. The molecule has 0 N–H and O–H groups in total. The van der Waals surface area contributed by atoms with Crippen LogP contribution in [-0.4, -0.2) is 38.3 Å². The second-order valence-corrected chi connectivity index (χ2v) is 8.93. The van der Waals surface area contributed by atoms with Gasteiger partial charge in [-0.15, -0.1) is 0 Å². The molecule has 1 heterocycles. The Labute approximate surface area is 204 Å². The van der Waals surface area contributed by atoms with Crippen molar-refractivity contribution in [1.82, 2.24) is 0 Å². The van der Waals surface area contributed by atoms with E-state index in [0.717, 1.165) is 5.56 Å². The van der Waals surface area contributed by atoms with Crippen molar-refractivity contribution < 1.29 is 28.2 Å². The number of halogens is 1. The molecule has 1 aliphatic heterocycles. The van der Waals surface area contributed by atoms with Crippen LogP contribution in [0.4, 0.5) is 4.39 Å². The van der Waals surface area contributed by atoms with Gasteiger partial charge in [-0.2, -0.15) is 0 Å². The summed E-state index contributed by atoms with van der Waals surface area (Å²) in [6.07, 6.45) is 1.51. The Kier molecular flexibility index (Phi) is 7.34. The van der Waals surface area contributed by atoms with Gasteiger partial charge >= 0.3 is 5.97 Å². The topological polar surface area (TPSA) is 74.2 Å². The van der Waals surface area contributed by atoms with Gasteiger partial charge in [0, 0.05) is 29.3 Å². The van der Waals surface area contributed by atoms with Gasteiger partial charge in [0.1, 0.15) is 11.7 Å². The van der Waals surface area contributed by atoms with Gasteiger partial charge < -0.3 is 14.2 Å². The minimum absolute atomic E-state index is 0.0649. The van der Waals surface area contributed by atoms with Crippen molar-refractivity contribution in [2.45, 2.75) is 44.9 Å². The zero-order valence-electron chi connectivity index (χ0n) is 20.5. The molecule has 0 amide bonds. The second-order valence-electron chi connectivity index (χ2n) is 8.93. The SMILES string of the molecule is CCCOC(=O)C1C(C)=NC2=C(C(=O)CC(c3ccc(OC)c(OC)c3)C2)C1c1ccc(F)cc1. The number of carbonyl (C=O) groups is 2. The van der Waals surface area contributed by atoms with Crippen molar-refractivity contribution in [2.75, 3.05) is 20.8 Å². The van der Waals surface area contributed by atoms with E-state index >= 15 is 0 Å². The van der Waals surface area contributed by atoms with Crippen molar-refractivity contribution in [3.05, 3.63) is 70.7 Å². The molecule has 0 saturated carbocycles. The van der Waals surface area contributed by atoms with Crippen LogP contribution in [0.2, 0.25) is 0 Å². The number of benzene rings is 2. The fourth-order valence-corrected chi connectivity index (χ4v) is 5.03. The summed E-state index contributed by atoms with van der Waals surface area (Å²) >= 11 is 0. The lowest BCUT2D eigenvalue weighted by atomic mass is 9.69. The summed E-state index contributed by atoms with van der Waals surface area (Å²) in [5.41, 5.74) is 3.45. The number of Topliss-reactive ketones (excluding diaryl/α,β-unsaturated/α-hetero) is 1. The molecule has 3 atom stereocenters. The third kappa shape index (κ3) is 4.85. The van der Waals surface area contributed by atoms with Crippen LogP contribution in [0.1, 0.15) is 56.1 Å².